The number of anilines is 1. The van der Waals surface area contributed by atoms with Crippen LogP contribution in [0.5, 0.6) is 0 Å². The third-order valence-corrected chi connectivity index (χ3v) is 8.21. The number of rotatable bonds is 9. The van der Waals surface area contributed by atoms with Crippen molar-refractivity contribution in [2.75, 3.05) is 38.6 Å². The molecule has 2 atom stereocenters. The van der Waals surface area contributed by atoms with Crippen LogP contribution in [0.3, 0.4) is 0 Å². The van der Waals surface area contributed by atoms with E-state index in [2.05, 4.69) is 5.32 Å². The van der Waals surface area contributed by atoms with Gasteiger partial charge in [-0.1, -0.05) is 0 Å². The van der Waals surface area contributed by atoms with Crippen LogP contribution in [0.25, 0.3) is 0 Å². The monoisotopic (exact) mass is 480 g/mol. The average Bonchev–Trinajstić information content (AvgIpc) is 2.75. The number of amides is 2. The molecule has 4 saturated carbocycles. The van der Waals surface area contributed by atoms with Crippen molar-refractivity contribution in [3.8, 4) is 0 Å². The van der Waals surface area contributed by atoms with E-state index in [1.54, 1.807) is 0 Å². The van der Waals surface area contributed by atoms with Crippen LogP contribution in [0.2, 0.25) is 0 Å². The zero-order valence-electron chi connectivity index (χ0n) is 19.9. The lowest BCUT2D eigenvalue weighted by Gasteiger charge is -2.58. The van der Waals surface area contributed by atoms with E-state index in [4.69, 9.17) is 5.73 Å². The third-order valence-electron chi connectivity index (χ3n) is 8.21. The van der Waals surface area contributed by atoms with Crippen LogP contribution in [-0.4, -0.2) is 56.5 Å². The van der Waals surface area contributed by atoms with E-state index in [1.165, 1.54) is 12.1 Å². The van der Waals surface area contributed by atoms with Gasteiger partial charge in [-0.25, -0.2) is 0 Å². The molecule has 2 amide bonds. The van der Waals surface area contributed by atoms with Crippen molar-refractivity contribution in [2.24, 2.45) is 28.9 Å². The number of primary amides is 1. The van der Waals surface area contributed by atoms with E-state index in [0.29, 0.717) is 37.4 Å². The molecular formula is C25H35F3N4O2. The Hall–Kier alpha value is -2.29. The number of nitrogens with one attached hydrogen (secondary N) is 1. The van der Waals surface area contributed by atoms with Crippen LogP contribution in [0.15, 0.2) is 24.3 Å². The molecule has 6 nitrogen and oxygen atoms in total. The fourth-order valence-corrected chi connectivity index (χ4v) is 6.73. The molecule has 4 aliphatic rings. The molecule has 188 valence electrons. The van der Waals surface area contributed by atoms with Gasteiger partial charge in [-0.2, -0.15) is 13.2 Å². The number of hydrogen-bond donors (Lipinski definition) is 2. The molecule has 34 heavy (non-hydrogen) atoms. The summed E-state index contributed by atoms with van der Waals surface area (Å²) in [4.78, 5) is 28.7. The topological polar surface area (TPSA) is 78.7 Å². The molecule has 0 aromatic heterocycles. The van der Waals surface area contributed by atoms with Gasteiger partial charge in [-0.05, 0) is 87.6 Å². The molecule has 0 radical (unpaired) electrons. The summed E-state index contributed by atoms with van der Waals surface area (Å²) in [5.74, 6) is 1.07. The molecule has 9 heteroatoms. The molecule has 1 aromatic rings. The van der Waals surface area contributed by atoms with Crippen LogP contribution in [0.4, 0.5) is 18.9 Å². The van der Waals surface area contributed by atoms with Crippen LogP contribution < -0.4 is 16.0 Å². The molecule has 4 fully saturated rings. The Kier molecular flexibility index (Phi) is 6.86. The fraction of sp³-hybridized carbons (Fsp3) is 0.680. The van der Waals surface area contributed by atoms with Gasteiger partial charge in [0.15, 0.2) is 0 Å². The van der Waals surface area contributed by atoms with Gasteiger partial charge in [-0.3, -0.25) is 14.5 Å². The number of hydrogen-bond acceptors (Lipinski definition) is 4. The van der Waals surface area contributed by atoms with Gasteiger partial charge in [-0.15, -0.1) is 0 Å². The maximum absolute atomic E-state index is 12.7. The van der Waals surface area contributed by atoms with E-state index in [-0.39, 0.29) is 23.3 Å². The van der Waals surface area contributed by atoms with Gasteiger partial charge in [0.25, 0.3) is 0 Å². The van der Waals surface area contributed by atoms with Crippen LogP contribution in [-0.2, 0) is 15.8 Å². The maximum Gasteiger partial charge on any atom is 0.416 e. The van der Waals surface area contributed by atoms with Gasteiger partial charge < -0.3 is 16.0 Å². The summed E-state index contributed by atoms with van der Waals surface area (Å²) in [6.45, 7) is 1.66. The number of halogens is 3. The zero-order valence-corrected chi connectivity index (χ0v) is 19.9. The molecular weight excluding hydrogens is 445 g/mol. The molecule has 0 spiro atoms. The average molecular weight is 481 g/mol. The maximum atomic E-state index is 12.7. The van der Waals surface area contributed by atoms with E-state index >= 15 is 0 Å². The van der Waals surface area contributed by atoms with E-state index in [1.807, 2.05) is 23.9 Å². The minimum absolute atomic E-state index is 0.00388. The van der Waals surface area contributed by atoms with Crippen LogP contribution in [0.1, 0.15) is 44.1 Å². The summed E-state index contributed by atoms with van der Waals surface area (Å²) in [6.07, 6.45) is 1.10. The number of likely N-dealkylation sites (N-methyl/N-ethyl adjacent to an activating group) is 1. The van der Waals surface area contributed by atoms with Crippen molar-refractivity contribution < 1.29 is 22.8 Å². The van der Waals surface area contributed by atoms with Gasteiger partial charge in [0.1, 0.15) is 0 Å². The quantitative estimate of drug-likeness (QED) is 0.569. The highest BCUT2D eigenvalue weighted by Crippen LogP contribution is 2.59. The highest BCUT2D eigenvalue weighted by atomic mass is 19.4. The lowest BCUT2D eigenvalue weighted by atomic mass is 9.47. The minimum Gasteiger partial charge on any atom is -0.375 e. The smallest absolute Gasteiger partial charge is 0.375 e. The molecule has 2 unspecified atom stereocenters. The summed E-state index contributed by atoms with van der Waals surface area (Å²) >= 11 is 0. The third kappa shape index (κ3) is 5.19. The van der Waals surface area contributed by atoms with Gasteiger partial charge in [0.2, 0.25) is 11.8 Å². The lowest BCUT2D eigenvalue weighted by Crippen LogP contribution is -2.62. The van der Waals surface area contributed by atoms with Crippen molar-refractivity contribution in [3.63, 3.8) is 0 Å². The van der Waals surface area contributed by atoms with Crippen LogP contribution >= 0.6 is 0 Å². The minimum atomic E-state index is -4.33. The first-order valence-corrected chi connectivity index (χ1v) is 12.1. The van der Waals surface area contributed by atoms with Crippen molar-refractivity contribution in [1.82, 2.24) is 10.2 Å². The summed E-state index contributed by atoms with van der Waals surface area (Å²) < 4.78 is 38.2. The Bertz CT molecular complexity index is 888. The van der Waals surface area contributed by atoms with E-state index in [9.17, 15) is 22.8 Å². The number of alkyl halides is 3. The summed E-state index contributed by atoms with van der Waals surface area (Å²) in [5, 5.41) is 3.26. The Morgan fingerprint density at radius 1 is 1.06 bits per heavy atom. The molecule has 0 heterocycles. The Balaban J connectivity index is 1.20. The summed E-state index contributed by atoms with van der Waals surface area (Å²) in [7, 11) is 3.75. The Labute approximate surface area is 199 Å². The normalized spacial score (nSPS) is 29.9. The zero-order chi connectivity index (χ0) is 24.7. The van der Waals surface area contributed by atoms with Gasteiger partial charge >= 0.3 is 6.18 Å². The SMILES string of the molecule is CN(CCCN(C)c1ccc(C(F)(F)F)cc1)CC(=O)NC1C2CC3CC1CC(C(N)=O)(C3)C2. The van der Waals surface area contributed by atoms with Crippen LogP contribution in [0, 0.1) is 23.2 Å². The first kappa shape index (κ1) is 24.8. The molecule has 3 N–H and O–H groups in total. The predicted octanol–water partition coefficient (Wildman–Crippen LogP) is 3.26. The standard InChI is InChI=1S/C25H35F3N4O2/c1-31(8-3-9-32(2)20-6-4-19(5-7-20)25(26,27)28)15-21(33)30-22-17-10-16-11-18(22)14-24(12-16,13-17)23(29)34/h4-7,16-18,22H,3,8-15H2,1-2H3,(H2,29,34)(H,30,33). The number of nitrogens with zero attached hydrogens (tertiary/aromatic N) is 2. The van der Waals surface area contributed by atoms with Gasteiger partial charge in [0.05, 0.1) is 12.1 Å². The second-order valence-electron chi connectivity index (χ2n) is 10.8. The lowest BCUT2D eigenvalue weighted by molar-refractivity contribution is -0.147. The molecule has 4 aliphatic carbocycles. The van der Waals surface area contributed by atoms with Crippen molar-refractivity contribution in [1.29, 1.82) is 0 Å². The number of carbonyl (C=O) groups excluding carboxylic acids is 2. The molecule has 0 saturated heterocycles. The Morgan fingerprint density at radius 3 is 2.24 bits per heavy atom. The molecule has 0 aliphatic heterocycles. The van der Waals surface area contributed by atoms with Crippen molar-refractivity contribution in [3.05, 3.63) is 29.8 Å². The predicted molar refractivity (Wildman–Crippen MR) is 124 cm³/mol. The highest BCUT2D eigenvalue weighted by Gasteiger charge is 2.58. The number of nitrogens with two attached hydrogens (primary N) is 1. The van der Waals surface area contributed by atoms with Crippen molar-refractivity contribution in [2.45, 2.75) is 50.7 Å². The summed E-state index contributed by atoms with van der Waals surface area (Å²) in [6, 6.07) is 5.28. The highest BCUT2D eigenvalue weighted by molar-refractivity contribution is 5.82. The number of benzene rings is 1. The Morgan fingerprint density at radius 2 is 1.68 bits per heavy atom. The first-order valence-electron chi connectivity index (χ1n) is 12.1. The van der Waals surface area contributed by atoms with E-state index < -0.39 is 11.7 Å². The molecule has 4 bridgehead atoms. The fourth-order valence-electron chi connectivity index (χ4n) is 6.73. The number of carbonyl (C=O) groups is 2. The summed E-state index contributed by atoms with van der Waals surface area (Å²) in [5.41, 5.74) is 5.47. The second kappa shape index (κ2) is 9.40. The van der Waals surface area contributed by atoms with Gasteiger partial charge in [0, 0.05) is 37.3 Å². The largest absolute Gasteiger partial charge is 0.416 e. The molecule has 1 aromatic carbocycles. The first-order chi connectivity index (χ1) is 16.0. The van der Waals surface area contributed by atoms with E-state index in [0.717, 1.165) is 56.3 Å². The second-order valence-corrected chi connectivity index (χ2v) is 10.8. The molecule has 5 rings (SSSR count). The van der Waals surface area contributed by atoms with Crippen molar-refractivity contribution >= 4 is 17.5 Å².